The van der Waals surface area contributed by atoms with E-state index in [9.17, 15) is 117 Å². The lowest BCUT2D eigenvalue weighted by Crippen LogP contribution is -2.61. The highest BCUT2D eigenvalue weighted by atomic mass is 16.6. The molecule has 1 aromatic heterocycles. The van der Waals surface area contributed by atoms with E-state index in [2.05, 4.69) is 84.1 Å². The monoisotopic (exact) mass is 1860 g/mol. The number of aliphatic imine (C=N–C) groups is 1. The van der Waals surface area contributed by atoms with Gasteiger partial charge in [-0.1, -0.05) is 68.7 Å². The van der Waals surface area contributed by atoms with Crippen LogP contribution in [-0.2, 0) is 115 Å². The number of unbranched alkanes of at least 4 members (excludes halogenated alkanes) is 3. The maximum Gasteiger partial charge on any atom is 0.328 e. The van der Waals surface area contributed by atoms with Crippen molar-refractivity contribution < 1.29 is 126 Å². The van der Waals surface area contributed by atoms with Gasteiger partial charge in [-0.15, -0.1) is 0 Å². The highest BCUT2D eigenvalue weighted by Gasteiger charge is 2.39. The lowest BCUT2D eigenvalue weighted by Gasteiger charge is -2.28. The molecule has 16 atom stereocenters. The summed E-state index contributed by atoms with van der Waals surface area (Å²) in [6.07, 6.45) is -3.70. The van der Waals surface area contributed by atoms with Gasteiger partial charge in [-0.2, -0.15) is 0 Å². The van der Waals surface area contributed by atoms with E-state index in [1.807, 2.05) is 5.32 Å². The number of nitro groups is 1. The Morgan fingerprint density at radius 1 is 0.470 bits per heavy atom. The number of carboxylic acid groups (broad SMARTS) is 3. The van der Waals surface area contributed by atoms with E-state index in [-0.39, 0.29) is 75.7 Å². The molecule has 132 heavy (non-hydrogen) atoms. The van der Waals surface area contributed by atoms with Gasteiger partial charge in [0.25, 0.3) is 5.69 Å². The number of carboxylic acids is 3. The fourth-order valence-corrected chi connectivity index (χ4v) is 12.6. The second kappa shape index (κ2) is 59.3. The Bertz CT molecular complexity index is 4430. The van der Waals surface area contributed by atoms with Crippen LogP contribution in [0.15, 0.2) is 72.1 Å². The molecule has 0 radical (unpaired) electrons. The molecule has 0 saturated carbocycles. The molecule has 0 fully saturated rings. The number of aromatic nitrogens is 2. The second-order valence-corrected chi connectivity index (χ2v) is 30.9. The predicted molar refractivity (Wildman–Crippen MR) is 466 cm³/mol. The number of nitro benzene ring substituents is 1. The quantitative estimate of drug-likeness (QED) is 0.00623. The third-order valence-corrected chi connectivity index (χ3v) is 20.0. The molecule has 1 heterocycles. The van der Waals surface area contributed by atoms with Crippen LogP contribution < -0.4 is 109 Å². The molecule has 0 saturated heterocycles. The van der Waals surface area contributed by atoms with Crippen molar-refractivity contribution in [2.75, 3.05) is 26.2 Å². The number of guanidine groups is 1. The first-order chi connectivity index (χ1) is 62.4. The minimum absolute atomic E-state index is 0.0496. The lowest BCUT2D eigenvalue weighted by atomic mass is 10.0. The molecule has 51 heteroatoms. The number of nitrogens with two attached hydrogens (primary N) is 6. The minimum atomic E-state index is -1.98. The number of para-hydroxylation sites is 1. The number of aromatic amines is 1. The van der Waals surface area contributed by atoms with E-state index in [1.165, 1.54) is 51.5 Å². The number of nitrogens with one attached hydrogen (secondary N) is 15. The third-order valence-electron chi connectivity index (χ3n) is 20.0. The van der Waals surface area contributed by atoms with Crippen LogP contribution in [0.25, 0.3) is 0 Å². The molecule has 0 aliphatic heterocycles. The Morgan fingerprint density at radius 2 is 0.886 bits per heavy atom. The number of esters is 1. The Labute approximate surface area is 757 Å². The smallest absolute Gasteiger partial charge is 0.328 e. The molecule has 3 rings (SSSR count). The van der Waals surface area contributed by atoms with E-state index in [4.69, 9.17) is 39.1 Å². The summed E-state index contributed by atoms with van der Waals surface area (Å²) in [5.74, 6) is -22.8. The molecule has 0 aliphatic carbocycles. The summed E-state index contributed by atoms with van der Waals surface area (Å²) in [7, 11) is 0. The zero-order chi connectivity index (χ0) is 98.9. The van der Waals surface area contributed by atoms with Crippen molar-refractivity contribution in [2.45, 2.75) is 266 Å². The minimum Gasteiger partial charge on any atom is -0.481 e. The van der Waals surface area contributed by atoms with Crippen LogP contribution in [0, 0.1) is 10.1 Å². The molecular formula is C81H124N24O27. The van der Waals surface area contributed by atoms with Crippen molar-refractivity contribution in [1.29, 1.82) is 0 Å². The number of H-pyrrole nitrogens is 1. The van der Waals surface area contributed by atoms with E-state index < -0.39 is 297 Å². The molecule has 0 aliphatic rings. The number of nitrogens with zero attached hydrogens (tertiary/aromatic N) is 3. The van der Waals surface area contributed by atoms with Crippen LogP contribution in [-0.4, -0.2) is 282 Å². The van der Waals surface area contributed by atoms with Crippen molar-refractivity contribution in [3.05, 3.63) is 94.1 Å². The van der Waals surface area contributed by atoms with Gasteiger partial charge in [0.2, 0.25) is 88.6 Å². The number of rotatable bonds is 64. The number of aliphatic hydroxyl groups excluding tert-OH is 2. The number of primary amides is 1. The van der Waals surface area contributed by atoms with Crippen molar-refractivity contribution in [2.24, 2.45) is 39.4 Å². The number of carbonyl (C=O) groups excluding carboxylic acids is 16. The van der Waals surface area contributed by atoms with Gasteiger partial charge >= 0.3 is 23.9 Å². The summed E-state index contributed by atoms with van der Waals surface area (Å²) in [6, 6.07) is -12.0. The highest BCUT2D eigenvalue weighted by molar-refractivity contribution is 6.01. The van der Waals surface area contributed by atoms with Gasteiger partial charge in [0, 0.05) is 50.9 Å². The fraction of sp³-hybridized carbons (Fsp3) is 0.568. The lowest BCUT2D eigenvalue weighted by molar-refractivity contribution is -0.385. The highest BCUT2D eigenvalue weighted by Crippen LogP contribution is 2.20. The number of benzene rings is 2. The molecule has 32 N–H and O–H groups in total. The fourth-order valence-electron chi connectivity index (χ4n) is 12.6. The molecule has 51 nitrogen and oxygen atoms in total. The molecule has 0 unspecified atom stereocenters. The average molecular weight is 1870 g/mol. The maximum absolute atomic E-state index is 15.2. The van der Waals surface area contributed by atoms with Gasteiger partial charge in [0.15, 0.2) is 5.96 Å². The number of amides is 15. The van der Waals surface area contributed by atoms with Crippen LogP contribution >= 0.6 is 0 Å². The number of imidazole rings is 1. The summed E-state index contributed by atoms with van der Waals surface area (Å²) in [6.45, 7) is 4.79. The topological polar surface area (TPSA) is 843 Å². The number of hydrogen-bond donors (Lipinski definition) is 26. The molecule has 0 spiro atoms. The van der Waals surface area contributed by atoms with Gasteiger partial charge in [0.05, 0.1) is 47.7 Å². The first-order valence-electron chi connectivity index (χ1n) is 42.5. The Morgan fingerprint density at radius 3 is 1.36 bits per heavy atom. The molecule has 730 valence electrons. The number of carbonyl (C=O) groups is 19. The predicted octanol–water partition coefficient (Wildman–Crippen LogP) is -7.63. The number of aliphatic hydroxyl groups is 2. The molecule has 15 amide bonds. The van der Waals surface area contributed by atoms with E-state index in [0.29, 0.717) is 31.4 Å². The Kier molecular flexibility index (Phi) is 50.4. The van der Waals surface area contributed by atoms with Gasteiger partial charge < -0.3 is 144 Å². The first kappa shape index (κ1) is 112. The largest absolute Gasteiger partial charge is 0.481 e. The van der Waals surface area contributed by atoms with Crippen molar-refractivity contribution in [3.63, 3.8) is 0 Å². The van der Waals surface area contributed by atoms with Crippen LogP contribution in [0.3, 0.4) is 0 Å². The molecular weight excluding hydrogens is 1740 g/mol. The van der Waals surface area contributed by atoms with Crippen molar-refractivity contribution in [3.8, 4) is 0 Å². The van der Waals surface area contributed by atoms with Gasteiger partial charge in [-0.25, -0.2) is 9.78 Å². The summed E-state index contributed by atoms with van der Waals surface area (Å²) in [4.78, 5) is 281. The first-order valence-corrected chi connectivity index (χ1v) is 42.5. The van der Waals surface area contributed by atoms with Gasteiger partial charge in [-0.05, 0) is 123 Å². The maximum atomic E-state index is 15.2. The van der Waals surface area contributed by atoms with Crippen molar-refractivity contribution in [1.82, 2.24) is 84.4 Å². The molecule has 3 aromatic rings. The number of ether oxygens (including phenoxy) is 1. The Balaban J connectivity index is 2.07. The summed E-state index contributed by atoms with van der Waals surface area (Å²) < 4.78 is 5.40. The average Bonchev–Trinajstić information content (AvgIpc) is 0.964. The standard InChI is InChI=1S/C81H124N24O27/c1-6-7-22-50(71(119)102-58(37-63(111)112)78(126)103-59(39-106)80(128)129)97-77(125)57(36-48-38-88-41-90-48)101-74(122)53(26-29-61(85)108)98-70(118)52(24-17-34-89-81(86)87)96-73(121)55(28-31-64(113)132-40-47-20-11-12-25-60(47)105(130)131)99-76(124)56(35-46-18-9-8-10-19-46)100-72(120)51(23-14-16-33-83)94-68(116)44(4)92-66(114)42(2)91-67(115)43(3)93-79(127)65(45(5)107)104-75(123)54(27-30-62(109)110)95-69(117)49(84)21-13-15-32-82/h8-12,18-20,25,38,41-45,49-59,65,106-107H,6-7,13-17,21-24,26-37,39-40,82-84H2,1-5H3,(H2,85,108)(H,88,90)(H,91,115)(H,92,114)(H,93,127)(H,94,116)(H,95,117)(H,96,121)(H,97,125)(H,98,118)(H,99,124)(H,100,120)(H,101,122)(H,102,119)(H,103,126)(H,104,123)(H,109,110)(H,111,112)(H,128,129)(H4,86,87,89)/t42-,43-,44-,45+,49-,50-,51-,52-,53-,54-,55-,56-,57-,58-,59-,65-/m0/s1. The second-order valence-electron chi connectivity index (χ2n) is 30.9. The van der Waals surface area contributed by atoms with Crippen molar-refractivity contribution >= 4 is 124 Å². The van der Waals surface area contributed by atoms with Crippen LogP contribution in [0.4, 0.5) is 5.69 Å². The number of aliphatic carboxylic acids is 3. The van der Waals surface area contributed by atoms with Gasteiger partial charge in [-0.3, -0.25) is 101 Å². The summed E-state index contributed by atoms with van der Waals surface area (Å²) >= 11 is 0. The zero-order valence-electron chi connectivity index (χ0n) is 73.8. The third kappa shape index (κ3) is 42.1. The number of hydrogen-bond acceptors (Lipinski definition) is 29. The van der Waals surface area contributed by atoms with Crippen LogP contribution in [0.5, 0.6) is 0 Å². The molecule has 0 bridgehead atoms. The van der Waals surface area contributed by atoms with Crippen LogP contribution in [0.2, 0.25) is 0 Å². The Hall–Kier alpha value is -13.9. The van der Waals surface area contributed by atoms with Crippen LogP contribution in [0.1, 0.15) is 167 Å². The van der Waals surface area contributed by atoms with E-state index >= 15 is 9.59 Å². The SMILES string of the molecule is CCCC[C@H](NC(=O)[C@H](Cc1c[nH]cn1)NC(=O)[C@H](CCC(N)=O)NC(=O)[C@H](CCCN=C(N)N)NC(=O)[C@H](CCC(=O)OCc1ccccc1[N+](=O)[O-])NC(=O)[C@H](Cc1ccccc1)NC(=O)[C@H](CCCCN)NC(=O)[C@H](C)NC(=O)[C@H](C)NC(=O)[C@H](C)NC(=O)[C@@H](NC(=O)[C@H](CCC(=O)O)NC(=O)[C@@H](N)CCCCN)[C@@H](C)O)C(=O)N[C@@H](CC(=O)O)C(=O)N[C@@H](CO)C(=O)O. The van der Waals surface area contributed by atoms with Gasteiger partial charge in [0.1, 0.15) is 91.2 Å². The summed E-state index contributed by atoms with van der Waals surface area (Å²) in [5.41, 5.74) is 34.1. The molecule has 2 aromatic carbocycles. The van der Waals surface area contributed by atoms with E-state index in [1.54, 1.807) is 37.3 Å². The zero-order valence-corrected chi connectivity index (χ0v) is 73.8. The summed E-state index contributed by atoms with van der Waals surface area (Å²) in [5, 5.41) is 93.8. The van der Waals surface area contributed by atoms with E-state index in [0.717, 1.165) is 13.0 Å². The normalized spacial score (nSPS) is 14.6.